The molecule has 1 N–H and O–H groups in total. The molecule has 1 aliphatic heterocycles. The molecule has 6 heteroatoms. The van der Waals surface area contributed by atoms with Gasteiger partial charge in [-0.15, -0.1) is 0 Å². The third-order valence-electron chi connectivity index (χ3n) is 3.60. The lowest BCUT2D eigenvalue weighted by molar-refractivity contribution is 0.0683. The molecule has 0 radical (unpaired) electrons. The summed E-state index contributed by atoms with van der Waals surface area (Å²) in [6.07, 6.45) is 2.14. The van der Waals surface area contributed by atoms with E-state index in [1.807, 2.05) is 0 Å². The number of nitrogens with zero attached hydrogens (tertiary/aromatic N) is 1. The van der Waals surface area contributed by atoms with E-state index in [4.69, 9.17) is 0 Å². The first-order valence-corrected chi connectivity index (χ1v) is 8.25. The molecule has 1 aromatic rings. The average molecular weight is 296 g/mol. The number of hydrogen-bond donors (Lipinski definition) is 1. The minimum absolute atomic E-state index is 0.0929. The molecule has 0 aliphatic carbocycles. The van der Waals surface area contributed by atoms with Crippen molar-refractivity contribution in [2.24, 2.45) is 5.92 Å². The van der Waals surface area contributed by atoms with Crippen molar-refractivity contribution >= 4 is 15.9 Å². The van der Waals surface area contributed by atoms with Crippen LogP contribution in [-0.2, 0) is 10.0 Å². The number of rotatable bonds is 3. The summed E-state index contributed by atoms with van der Waals surface area (Å²) < 4.78 is 25.8. The Labute approximate surface area is 120 Å². The normalized spacial score (nSPS) is 19.9. The summed E-state index contributed by atoms with van der Waals surface area (Å²) in [5.74, 6) is 0.404. The number of benzene rings is 1. The van der Waals surface area contributed by atoms with Crippen LogP contribution in [0.25, 0.3) is 0 Å². The Morgan fingerprint density at radius 3 is 2.80 bits per heavy atom. The van der Waals surface area contributed by atoms with Gasteiger partial charge in [-0.2, -0.15) is 0 Å². The molecular weight excluding hydrogens is 276 g/mol. The minimum atomic E-state index is -3.52. The second-order valence-corrected chi connectivity index (χ2v) is 7.12. The van der Waals surface area contributed by atoms with Gasteiger partial charge < -0.3 is 4.90 Å². The third kappa shape index (κ3) is 3.19. The Kier molecular flexibility index (Phi) is 4.45. The fourth-order valence-electron chi connectivity index (χ4n) is 2.47. The first-order chi connectivity index (χ1) is 9.44. The Hall–Kier alpha value is -1.40. The maximum absolute atomic E-state index is 12.4. The molecule has 5 nitrogen and oxygen atoms in total. The van der Waals surface area contributed by atoms with Crippen LogP contribution in [0.5, 0.6) is 0 Å². The van der Waals surface area contributed by atoms with Crippen LogP contribution in [0.3, 0.4) is 0 Å². The van der Waals surface area contributed by atoms with Crippen LogP contribution >= 0.6 is 0 Å². The zero-order valence-electron chi connectivity index (χ0n) is 11.8. The fraction of sp³-hybridized carbons (Fsp3) is 0.500. The number of carbonyl (C=O) groups excluding carboxylic acids is 1. The Morgan fingerprint density at radius 1 is 1.40 bits per heavy atom. The van der Waals surface area contributed by atoms with E-state index in [1.54, 1.807) is 17.0 Å². The van der Waals surface area contributed by atoms with Gasteiger partial charge >= 0.3 is 0 Å². The molecule has 20 heavy (non-hydrogen) atoms. The van der Waals surface area contributed by atoms with E-state index in [-0.39, 0.29) is 10.8 Å². The molecule has 1 amide bonds. The SMILES string of the molecule is CNS(=O)(=O)c1cccc(C(=O)N2CCC[C@H](C)C2)c1. The summed E-state index contributed by atoms with van der Waals surface area (Å²) in [4.78, 5) is 14.3. The van der Waals surface area contributed by atoms with Gasteiger partial charge in [-0.3, -0.25) is 4.79 Å². The van der Waals surface area contributed by atoms with Crippen LogP contribution < -0.4 is 4.72 Å². The molecule has 0 unspecified atom stereocenters. The molecular formula is C14H20N2O3S. The van der Waals surface area contributed by atoms with Gasteiger partial charge in [-0.1, -0.05) is 13.0 Å². The van der Waals surface area contributed by atoms with E-state index in [2.05, 4.69) is 11.6 Å². The quantitative estimate of drug-likeness (QED) is 0.918. The van der Waals surface area contributed by atoms with Crippen molar-refractivity contribution < 1.29 is 13.2 Å². The molecule has 1 aliphatic rings. The first kappa shape index (κ1) is 15.0. The Balaban J connectivity index is 2.25. The second-order valence-electron chi connectivity index (χ2n) is 5.23. The molecule has 1 fully saturated rings. The van der Waals surface area contributed by atoms with Gasteiger partial charge in [0.25, 0.3) is 5.91 Å². The highest BCUT2D eigenvalue weighted by Gasteiger charge is 2.23. The predicted molar refractivity (Wildman–Crippen MR) is 77.0 cm³/mol. The lowest BCUT2D eigenvalue weighted by atomic mass is 9.99. The summed E-state index contributed by atoms with van der Waals surface area (Å²) in [6.45, 7) is 3.61. The van der Waals surface area contributed by atoms with E-state index >= 15 is 0 Å². The average Bonchev–Trinajstić information content (AvgIpc) is 2.46. The predicted octanol–water partition coefficient (Wildman–Crippen LogP) is 1.47. The van der Waals surface area contributed by atoms with Gasteiger partial charge in [0.2, 0.25) is 10.0 Å². The standard InChI is InChI=1S/C14H20N2O3S/c1-11-5-4-8-16(10-11)14(17)12-6-3-7-13(9-12)20(18,19)15-2/h3,6-7,9,11,15H,4-5,8,10H2,1-2H3/t11-/m0/s1. The number of piperidine rings is 1. The van der Waals surface area contributed by atoms with Gasteiger partial charge in [0.05, 0.1) is 4.90 Å². The van der Waals surface area contributed by atoms with Crippen LogP contribution in [0.2, 0.25) is 0 Å². The van der Waals surface area contributed by atoms with Crippen molar-refractivity contribution in [3.05, 3.63) is 29.8 Å². The number of amides is 1. The van der Waals surface area contributed by atoms with Crippen molar-refractivity contribution in [1.82, 2.24) is 9.62 Å². The van der Waals surface area contributed by atoms with Crippen LogP contribution in [-0.4, -0.2) is 39.4 Å². The third-order valence-corrected chi connectivity index (χ3v) is 5.02. The largest absolute Gasteiger partial charge is 0.338 e. The molecule has 1 aromatic carbocycles. The lowest BCUT2D eigenvalue weighted by Gasteiger charge is -2.31. The van der Waals surface area contributed by atoms with E-state index in [9.17, 15) is 13.2 Å². The van der Waals surface area contributed by atoms with Crippen LogP contribution in [0, 0.1) is 5.92 Å². The number of nitrogens with one attached hydrogen (secondary N) is 1. The van der Waals surface area contributed by atoms with Crippen LogP contribution in [0.4, 0.5) is 0 Å². The van der Waals surface area contributed by atoms with Crippen molar-refractivity contribution in [1.29, 1.82) is 0 Å². The molecule has 0 bridgehead atoms. The summed E-state index contributed by atoms with van der Waals surface area (Å²) in [7, 11) is -2.16. The number of carbonyl (C=O) groups is 1. The Bertz CT molecular complexity index is 598. The van der Waals surface area contributed by atoms with Gasteiger partial charge in [0, 0.05) is 18.7 Å². The number of sulfonamides is 1. The molecule has 0 saturated carbocycles. The molecule has 0 aromatic heterocycles. The fourth-order valence-corrected chi connectivity index (χ4v) is 3.25. The van der Waals surface area contributed by atoms with E-state index in [1.165, 1.54) is 19.2 Å². The van der Waals surface area contributed by atoms with Crippen molar-refractivity contribution in [3.63, 3.8) is 0 Å². The minimum Gasteiger partial charge on any atom is -0.338 e. The van der Waals surface area contributed by atoms with Gasteiger partial charge in [0.1, 0.15) is 0 Å². The molecule has 0 spiro atoms. The maximum atomic E-state index is 12.4. The molecule has 1 atom stereocenters. The van der Waals surface area contributed by atoms with Gasteiger partial charge in [-0.25, -0.2) is 13.1 Å². The second kappa shape index (κ2) is 5.93. The molecule has 110 valence electrons. The zero-order valence-corrected chi connectivity index (χ0v) is 12.6. The van der Waals surface area contributed by atoms with Crippen molar-refractivity contribution in [2.45, 2.75) is 24.7 Å². The number of hydrogen-bond acceptors (Lipinski definition) is 3. The van der Waals surface area contributed by atoms with Crippen molar-refractivity contribution in [2.75, 3.05) is 20.1 Å². The van der Waals surface area contributed by atoms with Crippen LogP contribution in [0.15, 0.2) is 29.2 Å². The highest BCUT2D eigenvalue weighted by Crippen LogP contribution is 2.19. The van der Waals surface area contributed by atoms with E-state index in [0.29, 0.717) is 11.5 Å². The highest BCUT2D eigenvalue weighted by atomic mass is 32.2. The van der Waals surface area contributed by atoms with Gasteiger partial charge in [-0.05, 0) is 44.0 Å². The lowest BCUT2D eigenvalue weighted by Crippen LogP contribution is -2.39. The molecule has 1 heterocycles. The first-order valence-electron chi connectivity index (χ1n) is 6.77. The van der Waals surface area contributed by atoms with Gasteiger partial charge in [0.15, 0.2) is 0 Å². The topological polar surface area (TPSA) is 66.5 Å². The highest BCUT2D eigenvalue weighted by molar-refractivity contribution is 7.89. The number of likely N-dealkylation sites (tertiary alicyclic amines) is 1. The summed E-state index contributed by atoms with van der Waals surface area (Å²) in [5, 5.41) is 0. The van der Waals surface area contributed by atoms with Crippen LogP contribution in [0.1, 0.15) is 30.1 Å². The summed E-state index contributed by atoms with van der Waals surface area (Å²) in [5.41, 5.74) is 0.426. The summed E-state index contributed by atoms with van der Waals surface area (Å²) >= 11 is 0. The molecule has 2 rings (SSSR count). The smallest absolute Gasteiger partial charge is 0.253 e. The summed E-state index contributed by atoms with van der Waals surface area (Å²) in [6, 6.07) is 6.19. The maximum Gasteiger partial charge on any atom is 0.253 e. The van der Waals surface area contributed by atoms with E-state index in [0.717, 1.165) is 25.9 Å². The van der Waals surface area contributed by atoms with E-state index < -0.39 is 10.0 Å². The zero-order chi connectivity index (χ0) is 14.8. The Morgan fingerprint density at radius 2 is 2.15 bits per heavy atom. The molecule has 1 saturated heterocycles. The monoisotopic (exact) mass is 296 g/mol. The van der Waals surface area contributed by atoms with Crippen molar-refractivity contribution in [3.8, 4) is 0 Å².